The van der Waals surface area contributed by atoms with Gasteiger partial charge in [0.2, 0.25) is 0 Å². The van der Waals surface area contributed by atoms with Gasteiger partial charge in [-0.3, -0.25) is 0 Å². The molecule has 1 aromatic rings. The van der Waals surface area contributed by atoms with Crippen LogP contribution in [-0.2, 0) is 20.8 Å². The minimum absolute atomic E-state index is 0.0453. The summed E-state index contributed by atoms with van der Waals surface area (Å²) >= 11 is 11.9. The Morgan fingerprint density at radius 1 is 1.36 bits per heavy atom. The van der Waals surface area contributed by atoms with Crippen LogP contribution in [0.5, 0.6) is 0 Å². The van der Waals surface area contributed by atoms with Crippen molar-refractivity contribution in [2.24, 2.45) is 5.90 Å². The lowest BCUT2D eigenvalue weighted by Gasteiger charge is -2.19. The summed E-state index contributed by atoms with van der Waals surface area (Å²) in [5, 5.41) is 9.87. The third kappa shape index (κ3) is 5.88. The first-order valence-corrected chi connectivity index (χ1v) is 8.57. The standard InChI is InChI=1S/C17H18Cl2F3N3O3/c1-3-27-16(26)11(6-9-4-5-10(18)7-13(9)19)14(28-24)12(8-23)15(25-2)17(20,21)22/h4-5,7-8,23,25H,3,6,24H2,1-2H3/b14-11+,15-12+,23-8?. The van der Waals surface area contributed by atoms with Crippen molar-refractivity contribution in [3.63, 3.8) is 0 Å². The molecule has 0 saturated heterocycles. The zero-order valence-corrected chi connectivity index (χ0v) is 16.4. The van der Waals surface area contributed by atoms with Gasteiger partial charge in [-0.15, -0.1) is 0 Å². The van der Waals surface area contributed by atoms with Crippen LogP contribution >= 0.6 is 23.2 Å². The van der Waals surface area contributed by atoms with E-state index in [0.29, 0.717) is 16.8 Å². The number of carbonyl (C=O) groups excluding carboxylic acids is 1. The second kappa shape index (κ2) is 10.4. The van der Waals surface area contributed by atoms with Gasteiger partial charge in [-0.2, -0.15) is 19.1 Å². The second-order valence-electron chi connectivity index (χ2n) is 5.24. The molecule has 0 aliphatic rings. The van der Waals surface area contributed by atoms with Crippen LogP contribution in [0.15, 0.2) is 40.8 Å². The molecule has 0 saturated carbocycles. The Hall–Kier alpha value is -2.23. The zero-order chi connectivity index (χ0) is 21.5. The van der Waals surface area contributed by atoms with Gasteiger partial charge >= 0.3 is 12.1 Å². The minimum atomic E-state index is -4.86. The smallest absolute Gasteiger partial charge is 0.431 e. The summed E-state index contributed by atoms with van der Waals surface area (Å²) in [7, 11) is 1.01. The Balaban J connectivity index is 3.73. The van der Waals surface area contributed by atoms with Crippen LogP contribution in [0.4, 0.5) is 13.2 Å². The van der Waals surface area contributed by atoms with Gasteiger partial charge in [0.15, 0.2) is 5.76 Å². The number of nitrogens with two attached hydrogens (primary N) is 1. The molecule has 0 aromatic heterocycles. The van der Waals surface area contributed by atoms with Crippen LogP contribution in [0.25, 0.3) is 0 Å². The third-order valence-corrected chi connectivity index (χ3v) is 4.07. The second-order valence-corrected chi connectivity index (χ2v) is 6.08. The fourth-order valence-corrected chi connectivity index (χ4v) is 2.77. The molecule has 1 aromatic carbocycles. The molecule has 4 N–H and O–H groups in total. The van der Waals surface area contributed by atoms with Crippen LogP contribution in [0, 0.1) is 5.41 Å². The number of hydrogen-bond donors (Lipinski definition) is 3. The molecule has 0 bridgehead atoms. The molecule has 0 fully saturated rings. The van der Waals surface area contributed by atoms with Crippen molar-refractivity contribution in [2.45, 2.75) is 19.5 Å². The lowest BCUT2D eigenvalue weighted by Crippen LogP contribution is -2.28. The maximum absolute atomic E-state index is 13.3. The topological polar surface area (TPSA) is 97.4 Å². The number of hydrogen-bond acceptors (Lipinski definition) is 6. The van der Waals surface area contributed by atoms with Crippen molar-refractivity contribution in [3.8, 4) is 0 Å². The summed E-state index contributed by atoms with van der Waals surface area (Å²) in [6.07, 6.45) is -4.75. The first-order valence-electron chi connectivity index (χ1n) is 7.81. The van der Waals surface area contributed by atoms with E-state index in [-0.39, 0.29) is 23.6 Å². The van der Waals surface area contributed by atoms with E-state index >= 15 is 0 Å². The van der Waals surface area contributed by atoms with Gasteiger partial charge in [-0.25, -0.2) is 4.79 Å². The fourth-order valence-electron chi connectivity index (χ4n) is 2.30. The maximum Gasteiger partial charge on any atom is 0.431 e. The SMILES string of the molecule is CCOC(=O)/C(Cc1ccc(Cl)cc1Cl)=C(ON)\C(C=N)=C(\NC)C(F)(F)F. The van der Waals surface area contributed by atoms with E-state index in [2.05, 4.69) is 4.84 Å². The van der Waals surface area contributed by atoms with Crippen molar-refractivity contribution in [1.82, 2.24) is 5.32 Å². The molecule has 0 spiro atoms. The first kappa shape index (κ1) is 23.8. The van der Waals surface area contributed by atoms with Gasteiger partial charge in [-0.05, 0) is 24.6 Å². The van der Waals surface area contributed by atoms with Crippen molar-refractivity contribution in [2.75, 3.05) is 13.7 Å². The molecular weight excluding hydrogens is 422 g/mol. The van der Waals surface area contributed by atoms with Gasteiger partial charge in [0, 0.05) is 29.7 Å². The van der Waals surface area contributed by atoms with E-state index in [4.69, 9.17) is 39.2 Å². The van der Waals surface area contributed by atoms with E-state index < -0.39 is 29.2 Å². The summed E-state index contributed by atoms with van der Waals surface area (Å²) < 4.78 is 44.8. The normalized spacial score (nSPS) is 13.3. The van der Waals surface area contributed by atoms with Crippen LogP contribution in [0.2, 0.25) is 10.0 Å². The molecule has 0 atom stereocenters. The van der Waals surface area contributed by atoms with E-state index in [0.717, 1.165) is 7.05 Å². The monoisotopic (exact) mass is 439 g/mol. The number of esters is 1. The molecular formula is C17H18Cl2F3N3O3. The fraction of sp³-hybridized carbons (Fsp3) is 0.294. The number of carbonyl (C=O) groups is 1. The highest BCUT2D eigenvalue weighted by Gasteiger charge is 2.38. The number of nitrogens with one attached hydrogen (secondary N) is 2. The van der Waals surface area contributed by atoms with Gasteiger partial charge < -0.3 is 20.3 Å². The number of alkyl halides is 3. The first-order chi connectivity index (χ1) is 13.1. The van der Waals surface area contributed by atoms with Crippen molar-refractivity contribution >= 4 is 35.4 Å². The highest BCUT2D eigenvalue weighted by atomic mass is 35.5. The van der Waals surface area contributed by atoms with Crippen LogP contribution in [0.3, 0.4) is 0 Å². The lowest BCUT2D eigenvalue weighted by atomic mass is 10.00. The average molecular weight is 440 g/mol. The molecule has 6 nitrogen and oxygen atoms in total. The Morgan fingerprint density at radius 3 is 2.43 bits per heavy atom. The summed E-state index contributed by atoms with van der Waals surface area (Å²) in [5.74, 6) is 3.55. The van der Waals surface area contributed by atoms with Crippen LogP contribution in [-0.4, -0.2) is 32.0 Å². The lowest BCUT2D eigenvalue weighted by molar-refractivity contribution is -0.138. The molecule has 0 amide bonds. The molecule has 0 unspecified atom stereocenters. The van der Waals surface area contributed by atoms with Crippen molar-refractivity contribution < 1.29 is 27.5 Å². The number of benzene rings is 1. The van der Waals surface area contributed by atoms with Crippen molar-refractivity contribution in [3.05, 3.63) is 56.4 Å². The van der Waals surface area contributed by atoms with Gasteiger partial charge in [0.05, 0.1) is 17.8 Å². The van der Waals surface area contributed by atoms with E-state index in [1.54, 1.807) is 0 Å². The van der Waals surface area contributed by atoms with Crippen LogP contribution < -0.4 is 11.2 Å². The Labute approximate surface area is 169 Å². The Morgan fingerprint density at radius 2 is 2.00 bits per heavy atom. The van der Waals surface area contributed by atoms with Gasteiger partial charge in [0.1, 0.15) is 5.70 Å². The summed E-state index contributed by atoms with van der Waals surface area (Å²) in [6, 6.07) is 4.40. The average Bonchev–Trinajstić information content (AvgIpc) is 2.61. The molecule has 1 rings (SSSR count). The predicted molar refractivity (Wildman–Crippen MR) is 100 cm³/mol. The summed E-state index contributed by atoms with van der Waals surface area (Å²) in [4.78, 5) is 17.0. The highest BCUT2D eigenvalue weighted by molar-refractivity contribution is 6.35. The maximum atomic E-state index is 13.3. The van der Waals surface area contributed by atoms with Gasteiger partial charge in [0.25, 0.3) is 0 Å². The zero-order valence-electron chi connectivity index (χ0n) is 14.9. The molecule has 0 aliphatic heterocycles. The number of rotatable bonds is 8. The minimum Gasteiger partial charge on any atom is -0.463 e. The molecule has 0 heterocycles. The quantitative estimate of drug-likeness (QED) is 0.142. The Bertz CT molecular complexity index is 809. The predicted octanol–water partition coefficient (Wildman–Crippen LogP) is 3.93. The molecule has 28 heavy (non-hydrogen) atoms. The molecule has 154 valence electrons. The van der Waals surface area contributed by atoms with E-state index in [9.17, 15) is 18.0 Å². The number of ether oxygens (including phenoxy) is 1. The largest absolute Gasteiger partial charge is 0.463 e. The Kier molecular flexibility index (Phi) is 8.80. The number of halogens is 5. The van der Waals surface area contributed by atoms with E-state index in [1.165, 1.54) is 25.1 Å². The van der Waals surface area contributed by atoms with E-state index in [1.807, 2.05) is 5.32 Å². The molecule has 0 radical (unpaired) electrons. The third-order valence-electron chi connectivity index (χ3n) is 3.49. The summed E-state index contributed by atoms with van der Waals surface area (Å²) in [5.41, 5.74) is -2.06. The molecule has 11 heteroatoms. The van der Waals surface area contributed by atoms with Crippen LogP contribution in [0.1, 0.15) is 12.5 Å². The molecule has 0 aliphatic carbocycles. The van der Waals surface area contributed by atoms with Crippen molar-refractivity contribution in [1.29, 1.82) is 5.41 Å². The highest BCUT2D eigenvalue weighted by Crippen LogP contribution is 2.31. The summed E-state index contributed by atoms with van der Waals surface area (Å²) in [6.45, 7) is 1.48. The van der Waals surface area contributed by atoms with Gasteiger partial charge in [-0.1, -0.05) is 29.3 Å². The number of allylic oxidation sites excluding steroid dienone is 2.